The summed E-state index contributed by atoms with van der Waals surface area (Å²) < 4.78 is 5.60. The van der Waals surface area contributed by atoms with Gasteiger partial charge in [-0.2, -0.15) is 0 Å². The predicted octanol–water partition coefficient (Wildman–Crippen LogP) is 3.49. The minimum absolute atomic E-state index is 0.708. The van der Waals surface area contributed by atoms with E-state index in [1.54, 1.807) is 0 Å². The monoisotopic (exact) mass is 238 g/mol. The number of carbonyl (C=O) groups excluding carboxylic acids is 1. The predicted molar refractivity (Wildman–Crippen MR) is 71.1 cm³/mol. The van der Waals surface area contributed by atoms with Gasteiger partial charge < -0.3 is 4.74 Å². The number of aryl methyl sites for hydroxylation is 1. The van der Waals surface area contributed by atoms with Crippen LogP contribution in [0.15, 0.2) is 42.5 Å². The Morgan fingerprint density at radius 3 is 2.56 bits per heavy atom. The van der Waals surface area contributed by atoms with E-state index in [1.807, 2.05) is 30.3 Å². The van der Waals surface area contributed by atoms with Crippen molar-refractivity contribution in [1.82, 2.24) is 0 Å². The lowest BCUT2D eigenvalue weighted by Crippen LogP contribution is -2.07. The molecule has 0 atom stereocenters. The second-order valence-electron chi connectivity index (χ2n) is 4.51. The smallest absolute Gasteiger partial charge is 0.150 e. The van der Waals surface area contributed by atoms with E-state index in [2.05, 4.69) is 12.1 Å². The standard InChI is InChI=1S/C16H14O2/c17-11-12-3-5-13(6-4-12)14-7-8-16-15(10-14)2-1-9-18-16/h3-8,10-11H,1-2,9H2. The van der Waals surface area contributed by atoms with Gasteiger partial charge in [-0.05, 0) is 41.7 Å². The first-order valence-corrected chi connectivity index (χ1v) is 6.18. The summed E-state index contributed by atoms with van der Waals surface area (Å²) in [5.74, 6) is 1.01. The van der Waals surface area contributed by atoms with Gasteiger partial charge in [-0.15, -0.1) is 0 Å². The SMILES string of the molecule is O=Cc1ccc(-c2ccc3c(c2)CCCO3)cc1. The van der Waals surface area contributed by atoms with Crippen molar-refractivity contribution < 1.29 is 9.53 Å². The molecule has 0 fully saturated rings. The molecular weight excluding hydrogens is 224 g/mol. The molecular formula is C16H14O2. The number of hydrogen-bond acceptors (Lipinski definition) is 2. The lowest BCUT2D eigenvalue weighted by molar-refractivity contribution is 0.112. The fourth-order valence-electron chi connectivity index (χ4n) is 2.29. The van der Waals surface area contributed by atoms with Crippen molar-refractivity contribution >= 4 is 6.29 Å². The molecule has 0 N–H and O–H groups in total. The zero-order chi connectivity index (χ0) is 12.4. The Hall–Kier alpha value is -2.09. The van der Waals surface area contributed by atoms with Crippen molar-refractivity contribution in [3.05, 3.63) is 53.6 Å². The Labute approximate surface area is 106 Å². The lowest BCUT2D eigenvalue weighted by atomic mass is 9.98. The van der Waals surface area contributed by atoms with Crippen LogP contribution < -0.4 is 4.74 Å². The van der Waals surface area contributed by atoms with Gasteiger partial charge in [-0.3, -0.25) is 4.79 Å². The molecule has 0 spiro atoms. The second-order valence-corrected chi connectivity index (χ2v) is 4.51. The fraction of sp³-hybridized carbons (Fsp3) is 0.188. The van der Waals surface area contributed by atoms with Crippen LogP contribution in [0.5, 0.6) is 5.75 Å². The highest BCUT2D eigenvalue weighted by Crippen LogP contribution is 2.30. The molecule has 0 bridgehead atoms. The Bertz CT molecular complexity index is 570. The van der Waals surface area contributed by atoms with Gasteiger partial charge in [-0.25, -0.2) is 0 Å². The maximum absolute atomic E-state index is 10.6. The van der Waals surface area contributed by atoms with Crippen LogP contribution in [0.3, 0.4) is 0 Å². The molecule has 3 rings (SSSR count). The molecule has 0 unspecified atom stereocenters. The maximum Gasteiger partial charge on any atom is 0.150 e. The molecule has 1 aliphatic rings. The number of aldehydes is 1. The van der Waals surface area contributed by atoms with E-state index in [9.17, 15) is 4.79 Å². The van der Waals surface area contributed by atoms with Gasteiger partial charge in [0.1, 0.15) is 12.0 Å². The normalized spacial score (nSPS) is 13.6. The Balaban J connectivity index is 1.98. The molecule has 0 aliphatic carbocycles. The van der Waals surface area contributed by atoms with Gasteiger partial charge >= 0.3 is 0 Å². The van der Waals surface area contributed by atoms with Crippen molar-refractivity contribution in [2.45, 2.75) is 12.8 Å². The Morgan fingerprint density at radius 1 is 1.00 bits per heavy atom. The number of benzene rings is 2. The zero-order valence-electron chi connectivity index (χ0n) is 10.1. The number of carbonyl (C=O) groups is 1. The van der Waals surface area contributed by atoms with Gasteiger partial charge in [0.2, 0.25) is 0 Å². The van der Waals surface area contributed by atoms with Crippen molar-refractivity contribution in [3.63, 3.8) is 0 Å². The van der Waals surface area contributed by atoms with E-state index >= 15 is 0 Å². The molecule has 2 nitrogen and oxygen atoms in total. The van der Waals surface area contributed by atoms with Crippen molar-refractivity contribution in [2.75, 3.05) is 6.61 Å². The van der Waals surface area contributed by atoms with Gasteiger partial charge in [0, 0.05) is 5.56 Å². The topological polar surface area (TPSA) is 26.3 Å². The van der Waals surface area contributed by atoms with Crippen LogP contribution in [0.4, 0.5) is 0 Å². The third kappa shape index (κ3) is 2.02. The number of fused-ring (bicyclic) bond motifs is 1. The number of rotatable bonds is 2. The first kappa shape index (κ1) is 11.0. The van der Waals surface area contributed by atoms with E-state index in [-0.39, 0.29) is 0 Å². The molecule has 1 aliphatic heterocycles. The first-order valence-electron chi connectivity index (χ1n) is 6.18. The highest BCUT2D eigenvalue weighted by molar-refractivity contribution is 5.77. The minimum atomic E-state index is 0.708. The van der Waals surface area contributed by atoms with E-state index in [0.29, 0.717) is 5.56 Å². The lowest BCUT2D eigenvalue weighted by Gasteiger charge is -2.17. The summed E-state index contributed by atoms with van der Waals surface area (Å²) in [4.78, 5) is 10.6. The zero-order valence-corrected chi connectivity index (χ0v) is 10.1. The summed E-state index contributed by atoms with van der Waals surface area (Å²) in [7, 11) is 0. The molecule has 18 heavy (non-hydrogen) atoms. The molecule has 2 aromatic rings. The molecule has 0 radical (unpaired) electrons. The third-order valence-corrected chi connectivity index (χ3v) is 3.29. The Morgan fingerprint density at radius 2 is 1.78 bits per heavy atom. The van der Waals surface area contributed by atoms with Crippen molar-refractivity contribution in [1.29, 1.82) is 0 Å². The summed E-state index contributed by atoms with van der Waals surface area (Å²) >= 11 is 0. The summed E-state index contributed by atoms with van der Waals surface area (Å²) in [6.07, 6.45) is 3.03. The third-order valence-electron chi connectivity index (χ3n) is 3.29. The van der Waals surface area contributed by atoms with Crippen LogP contribution in [0.25, 0.3) is 11.1 Å². The van der Waals surface area contributed by atoms with Crippen molar-refractivity contribution in [2.24, 2.45) is 0 Å². The quantitative estimate of drug-likeness (QED) is 0.748. The van der Waals surface area contributed by atoms with Crippen LogP contribution in [0.2, 0.25) is 0 Å². The highest BCUT2D eigenvalue weighted by atomic mass is 16.5. The average Bonchev–Trinajstić information content (AvgIpc) is 2.47. The van der Waals surface area contributed by atoms with Crippen LogP contribution >= 0.6 is 0 Å². The van der Waals surface area contributed by atoms with E-state index < -0.39 is 0 Å². The average molecular weight is 238 g/mol. The molecule has 2 heteroatoms. The molecule has 90 valence electrons. The minimum Gasteiger partial charge on any atom is -0.493 e. The highest BCUT2D eigenvalue weighted by Gasteiger charge is 2.10. The van der Waals surface area contributed by atoms with Crippen molar-refractivity contribution in [3.8, 4) is 16.9 Å². The summed E-state index contributed by atoms with van der Waals surface area (Å²) in [5, 5.41) is 0. The molecule has 0 saturated carbocycles. The van der Waals surface area contributed by atoms with Crippen LogP contribution in [-0.2, 0) is 6.42 Å². The summed E-state index contributed by atoms with van der Waals surface area (Å²) in [5.41, 5.74) is 4.30. The van der Waals surface area contributed by atoms with Crippen LogP contribution in [0.1, 0.15) is 22.3 Å². The fourth-order valence-corrected chi connectivity index (χ4v) is 2.29. The van der Waals surface area contributed by atoms with E-state index in [1.165, 1.54) is 11.1 Å². The van der Waals surface area contributed by atoms with Crippen LogP contribution in [0, 0.1) is 0 Å². The van der Waals surface area contributed by atoms with Gasteiger partial charge in [-0.1, -0.05) is 30.3 Å². The largest absolute Gasteiger partial charge is 0.493 e. The molecule has 0 saturated heterocycles. The summed E-state index contributed by atoms with van der Waals surface area (Å²) in [6, 6.07) is 13.9. The van der Waals surface area contributed by atoms with Crippen LogP contribution in [-0.4, -0.2) is 12.9 Å². The van der Waals surface area contributed by atoms with Gasteiger partial charge in [0.15, 0.2) is 0 Å². The molecule has 0 amide bonds. The maximum atomic E-state index is 10.6. The van der Waals surface area contributed by atoms with E-state index in [4.69, 9.17) is 4.74 Å². The molecule has 1 heterocycles. The molecule has 2 aromatic carbocycles. The Kier molecular flexibility index (Phi) is 2.85. The van der Waals surface area contributed by atoms with E-state index in [0.717, 1.165) is 37.0 Å². The number of ether oxygens (including phenoxy) is 1. The molecule has 0 aromatic heterocycles. The van der Waals surface area contributed by atoms with Gasteiger partial charge in [0.25, 0.3) is 0 Å². The summed E-state index contributed by atoms with van der Waals surface area (Å²) in [6.45, 7) is 0.820. The second kappa shape index (κ2) is 4.65. The first-order chi connectivity index (χ1) is 8.86. The van der Waals surface area contributed by atoms with Gasteiger partial charge in [0.05, 0.1) is 6.61 Å². The number of hydrogen-bond donors (Lipinski definition) is 0.